The summed E-state index contributed by atoms with van der Waals surface area (Å²) in [6.07, 6.45) is 3.20. The van der Waals surface area contributed by atoms with Crippen molar-refractivity contribution in [2.75, 3.05) is 5.33 Å². The van der Waals surface area contributed by atoms with Gasteiger partial charge in [0.2, 0.25) is 0 Å². The van der Waals surface area contributed by atoms with Gasteiger partial charge in [-0.25, -0.2) is 0 Å². The van der Waals surface area contributed by atoms with Gasteiger partial charge in [-0.15, -0.1) is 0 Å². The zero-order valence-corrected chi connectivity index (χ0v) is 10.8. The van der Waals surface area contributed by atoms with Gasteiger partial charge in [0.15, 0.2) is 0 Å². The molecule has 0 aliphatic carbocycles. The topological polar surface area (TPSA) is 0 Å². The molecule has 76 valence electrons. The molecule has 14 heavy (non-hydrogen) atoms. The largest absolute Gasteiger partial charge is 0.0880 e. The Morgan fingerprint density at radius 3 is 2.71 bits per heavy atom. The van der Waals surface area contributed by atoms with Gasteiger partial charge in [-0.05, 0) is 30.5 Å². The van der Waals surface area contributed by atoms with E-state index in [-0.39, 0.29) is 0 Å². The minimum Gasteiger partial charge on any atom is -0.0880 e. The first-order chi connectivity index (χ1) is 6.67. The van der Waals surface area contributed by atoms with Gasteiger partial charge < -0.3 is 0 Å². The Balaban J connectivity index is 3.02. The molecule has 0 aromatic heterocycles. The molecule has 1 aromatic carbocycles. The van der Waals surface area contributed by atoms with Crippen molar-refractivity contribution in [2.24, 2.45) is 0 Å². The Bertz CT molecular complexity index is 336. The van der Waals surface area contributed by atoms with Crippen molar-refractivity contribution < 1.29 is 0 Å². The summed E-state index contributed by atoms with van der Waals surface area (Å²) in [6.45, 7) is 4.19. The van der Waals surface area contributed by atoms with E-state index in [0.717, 1.165) is 22.3 Å². The predicted molar refractivity (Wildman–Crippen MR) is 68.3 cm³/mol. The lowest BCUT2D eigenvalue weighted by atomic mass is 10.1. The van der Waals surface area contributed by atoms with E-state index in [4.69, 9.17) is 11.6 Å². The summed E-state index contributed by atoms with van der Waals surface area (Å²) < 4.78 is 0. The smallest absolute Gasteiger partial charge is 0.0480 e. The van der Waals surface area contributed by atoms with E-state index in [1.54, 1.807) is 0 Å². The van der Waals surface area contributed by atoms with Crippen LogP contribution in [-0.4, -0.2) is 5.33 Å². The molecule has 0 bridgehead atoms. The molecule has 0 fully saturated rings. The average molecular weight is 274 g/mol. The maximum atomic E-state index is 6.13. The van der Waals surface area contributed by atoms with Crippen LogP contribution in [-0.2, 0) is 0 Å². The Kier molecular flexibility index (Phi) is 4.70. The van der Waals surface area contributed by atoms with Crippen LogP contribution in [0.5, 0.6) is 0 Å². The van der Waals surface area contributed by atoms with Crippen LogP contribution in [0.3, 0.4) is 0 Å². The number of benzene rings is 1. The summed E-state index contributed by atoms with van der Waals surface area (Å²) in [5.74, 6) is 0. The molecule has 1 rings (SSSR count). The van der Waals surface area contributed by atoms with Gasteiger partial charge in [-0.3, -0.25) is 0 Å². The van der Waals surface area contributed by atoms with Crippen LogP contribution < -0.4 is 0 Å². The number of hydrogen-bond acceptors (Lipinski definition) is 0. The molecular formula is C12H14BrCl. The van der Waals surface area contributed by atoms with E-state index in [9.17, 15) is 0 Å². The highest BCUT2D eigenvalue weighted by Gasteiger charge is 1.98. The first kappa shape index (κ1) is 11.8. The average Bonchev–Trinajstić information content (AvgIpc) is 2.17. The van der Waals surface area contributed by atoms with E-state index in [0.29, 0.717) is 0 Å². The first-order valence-corrected chi connectivity index (χ1v) is 6.19. The van der Waals surface area contributed by atoms with Gasteiger partial charge in [-0.1, -0.05) is 58.2 Å². The number of alkyl halides is 1. The predicted octanol–water partition coefficient (Wildman–Crippen LogP) is 4.84. The summed E-state index contributed by atoms with van der Waals surface area (Å²) >= 11 is 9.59. The second kappa shape index (κ2) is 5.57. The quantitative estimate of drug-likeness (QED) is 0.692. The fraction of sp³-hybridized carbons (Fsp3) is 0.333. The lowest BCUT2D eigenvalue weighted by molar-refractivity contribution is 1.12. The molecule has 0 amide bonds. The van der Waals surface area contributed by atoms with E-state index in [1.807, 2.05) is 13.0 Å². The van der Waals surface area contributed by atoms with Crippen molar-refractivity contribution in [1.82, 2.24) is 0 Å². The van der Waals surface area contributed by atoms with Crippen LogP contribution in [0.1, 0.15) is 24.5 Å². The van der Waals surface area contributed by atoms with Crippen molar-refractivity contribution >= 4 is 33.6 Å². The van der Waals surface area contributed by atoms with E-state index in [2.05, 4.69) is 41.1 Å². The highest BCUT2D eigenvalue weighted by Crippen LogP contribution is 2.21. The molecule has 0 radical (unpaired) electrons. The standard InChI is InChI=1S/C12H14BrCl/c1-3-10(8-13)7-11-5-4-9(2)6-12(11)14/h4-7H,3,8H2,1-2H3/b10-7-. The van der Waals surface area contributed by atoms with Crippen LogP contribution in [0.15, 0.2) is 23.8 Å². The van der Waals surface area contributed by atoms with Crippen LogP contribution in [0.4, 0.5) is 0 Å². The van der Waals surface area contributed by atoms with Gasteiger partial charge in [-0.2, -0.15) is 0 Å². The fourth-order valence-electron chi connectivity index (χ4n) is 1.20. The third kappa shape index (κ3) is 3.14. The maximum absolute atomic E-state index is 6.13. The van der Waals surface area contributed by atoms with Gasteiger partial charge >= 0.3 is 0 Å². The van der Waals surface area contributed by atoms with Crippen molar-refractivity contribution in [3.63, 3.8) is 0 Å². The monoisotopic (exact) mass is 272 g/mol. The Morgan fingerprint density at radius 1 is 1.50 bits per heavy atom. The Morgan fingerprint density at radius 2 is 2.21 bits per heavy atom. The molecule has 0 nitrogen and oxygen atoms in total. The van der Waals surface area contributed by atoms with E-state index < -0.39 is 0 Å². The first-order valence-electron chi connectivity index (χ1n) is 4.69. The number of aryl methyl sites for hydroxylation is 1. The number of rotatable bonds is 3. The van der Waals surface area contributed by atoms with Gasteiger partial charge in [0.25, 0.3) is 0 Å². The summed E-state index contributed by atoms with van der Waals surface area (Å²) in [4.78, 5) is 0. The van der Waals surface area contributed by atoms with Gasteiger partial charge in [0.05, 0.1) is 0 Å². The molecule has 0 aliphatic rings. The van der Waals surface area contributed by atoms with Crippen molar-refractivity contribution in [3.05, 3.63) is 39.9 Å². The van der Waals surface area contributed by atoms with Crippen LogP contribution in [0, 0.1) is 6.92 Å². The minimum absolute atomic E-state index is 0.830. The Labute approximate surface area is 99.1 Å². The molecule has 2 heteroatoms. The zero-order chi connectivity index (χ0) is 10.6. The third-order valence-electron chi connectivity index (χ3n) is 2.14. The molecule has 0 N–H and O–H groups in total. The minimum atomic E-state index is 0.830. The van der Waals surface area contributed by atoms with Crippen LogP contribution in [0.25, 0.3) is 6.08 Å². The van der Waals surface area contributed by atoms with Crippen molar-refractivity contribution in [3.8, 4) is 0 Å². The molecule has 0 aliphatic heterocycles. The lowest BCUT2D eigenvalue weighted by Crippen LogP contribution is -1.84. The molecule has 0 heterocycles. The molecule has 0 saturated carbocycles. The highest BCUT2D eigenvalue weighted by atomic mass is 79.9. The maximum Gasteiger partial charge on any atom is 0.0480 e. The number of hydrogen-bond donors (Lipinski definition) is 0. The summed E-state index contributed by atoms with van der Waals surface area (Å²) in [5, 5.41) is 1.74. The van der Waals surface area contributed by atoms with Gasteiger partial charge in [0.1, 0.15) is 0 Å². The summed E-state index contributed by atoms with van der Waals surface area (Å²) in [6, 6.07) is 6.14. The molecule has 0 saturated heterocycles. The summed E-state index contributed by atoms with van der Waals surface area (Å²) in [5.41, 5.74) is 3.66. The lowest BCUT2D eigenvalue weighted by Gasteiger charge is -2.03. The molecule has 0 spiro atoms. The van der Waals surface area contributed by atoms with Crippen molar-refractivity contribution in [2.45, 2.75) is 20.3 Å². The second-order valence-corrected chi connectivity index (χ2v) is 4.28. The normalized spacial score (nSPS) is 11.9. The van der Waals surface area contributed by atoms with E-state index in [1.165, 1.54) is 11.1 Å². The Hall–Kier alpha value is -0.270. The molecule has 1 aromatic rings. The number of allylic oxidation sites excluding steroid dienone is 1. The molecular weight excluding hydrogens is 259 g/mol. The SMILES string of the molecule is CC/C(=C/c1ccc(C)cc1Cl)CBr. The van der Waals surface area contributed by atoms with Crippen LogP contribution in [0.2, 0.25) is 5.02 Å². The molecule has 0 atom stereocenters. The third-order valence-corrected chi connectivity index (χ3v) is 3.19. The fourth-order valence-corrected chi connectivity index (χ4v) is 2.05. The summed E-state index contributed by atoms with van der Waals surface area (Å²) in [7, 11) is 0. The number of halogens is 2. The molecule has 0 unspecified atom stereocenters. The van der Waals surface area contributed by atoms with Crippen LogP contribution >= 0.6 is 27.5 Å². The zero-order valence-electron chi connectivity index (χ0n) is 8.48. The highest BCUT2D eigenvalue weighted by molar-refractivity contribution is 9.09. The van der Waals surface area contributed by atoms with Crippen molar-refractivity contribution in [1.29, 1.82) is 0 Å². The second-order valence-electron chi connectivity index (χ2n) is 3.31. The van der Waals surface area contributed by atoms with Gasteiger partial charge in [0, 0.05) is 10.4 Å². The van der Waals surface area contributed by atoms with E-state index >= 15 is 0 Å².